The van der Waals surface area contributed by atoms with Gasteiger partial charge in [0.15, 0.2) is 0 Å². The minimum atomic E-state index is -4.87. The maximum absolute atomic E-state index is 11.9. The topological polar surface area (TPSA) is 239 Å². The largest absolute Gasteiger partial charge is 1.00 e. The zero-order valence-corrected chi connectivity index (χ0v) is 29.2. The molecule has 0 amide bonds. The van der Waals surface area contributed by atoms with Gasteiger partial charge >= 0.3 is 88.7 Å². The van der Waals surface area contributed by atoms with Crippen molar-refractivity contribution in [2.45, 2.75) is 16.7 Å². The van der Waals surface area contributed by atoms with Crippen LogP contribution in [0.2, 0.25) is 0 Å². The predicted molar refractivity (Wildman–Crippen MR) is 132 cm³/mol. The van der Waals surface area contributed by atoms with Crippen molar-refractivity contribution >= 4 is 53.0 Å². The molecule has 18 heteroatoms. The van der Waals surface area contributed by atoms with Crippen molar-refractivity contribution in [2.75, 3.05) is 11.5 Å². The molecular weight excluding hydrogens is 591 g/mol. The van der Waals surface area contributed by atoms with E-state index in [9.17, 15) is 38.9 Å². The molecule has 0 aliphatic heterocycles. The summed E-state index contributed by atoms with van der Waals surface area (Å²) in [4.78, 5) is -2.12. The first-order chi connectivity index (χ1) is 15.9. The van der Waals surface area contributed by atoms with E-state index in [1.54, 1.807) is 0 Å². The first kappa shape index (κ1) is 37.7. The fourth-order valence-corrected chi connectivity index (χ4v) is 5.41. The fraction of sp³-hybridized carbons (Fsp3) is 0.0500. The summed E-state index contributed by atoms with van der Waals surface area (Å²) in [7, 11) is -14.5. The molecule has 192 valence electrons. The molecule has 2 aromatic rings. The number of benzene rings is 2. The number of hydrogen-bond acceptors (Lipinski definition) is 9. The van der Waals surface area contributed by atoms with Gasteiger partial charge in [0, 0.05) is 0 Å². The third kappa shape index (κ3) is 8.34. The average molecular weight is 614 g/mol. The fourth-order valence-electron chi connectivity index (χ4n) is 3.43. The van der Waals surface area contributed by atoms with Crippen molar-refractivity contribution < 1.29 is 132 Å². The Morgan fingerprint density at radius 2 is 1.13 bits per heavy atom. The minimum Gasteiger partial charge on any atom is -1.00 e. The summed E-state index contributed by atoms with van der Waals surface area (Å²) in [5.41, 5.74) is 10.4. The molecule has 1 aliphatic carbocycles. The summed E-state index contributed by atoms with van der Waals surface area (Å²) in [5.74, 6) is 0. The Morgan fingerprint density at radius 3 is 1.47 bits per heavy atom. The molecule has 3 rings (SSSR count). The van der Waals surface area contributed by atoms with Crippen LogP contribution in [0.1, 0.15) is 22.3 Å². The van der Waals surface area contributed by atoms with Crippen LogP contribution >= 0.6 is 0 Å². The Hall–Kier alpha value is -0.340. The van der Waals surface area contributed by atoms with Crippen molar-refractivity contribution in [3.63, 3.8) is 0 Å². The van der Waals surface area contributed by atoms with Crippen molar-refractivity contribution in [3.05, 3.63) is 75.7 Å². The second-order valence-electron chi connectivity index (χ2n) is 7.47. The first-order valence-corrected chi connectivity index (χ1v) is 13.7. The van der Waals surface area contributed by atoms with E-state index in [0.717, 1.165) is 30.3 Å². The number of hydrogen-bond donors (Lipinski definition) is 6. The second-order valence-corrected chi connectivity index (χ2v) is 11.6. The van der Waals surface area contributed by atoms with Crippen LogP contribution in [-0.4, -0.2) is 44.6 Å². The molecule has 0 fully saturated rings. The summed E-state index contributed by atoms with van der Waals surface area (Å²) < 4.78 is 99.7. The van der Waals surface area contributed by atoms with Crippen LogP contribution in [0.3, 0.4) is 0 Å². The summed E-state index contributed by atoms with van der Waals surface area (Å²) in [6, 6.07) is 6.88. The number of allylic oxidation sites excluding steroid dienone is 5. The van der Waals surface area contributed by atoms with Crippen LogP contribution < -0.4 is 100 Å². The molecule has 0 saturated carbocycles. The molecule has 1 aliphatic rings. The summed E-state index contributed by atoms with van der Waals surface area (Å²) in [5, 5.41) is 7.98. The Kier molecular flexibility index (Phi) is 13.4. The van der Waals surface area contributed by atoms with Gasteiger partial charge in [-0.2, -0.15) is 25.3 Å². The monoisotopic (exact) mass is 613 g/mol. The van der Waals surface area contributed by atoms with Gasteiger partial charge in [0.05, 0.1) is 17.1 Å². The Morgan fingerprint density at radius 1 is 0.737 bits per heavy atom. The SMILES string of the molecule is CC1=CC(=C(c2ccc(N)c(S(=O)(=O)O)c2)c2ccc(N)c(S(=O)(=O)O)c2)C=C(S(=O)(=O)O)C1=N.[H-].[H-].[H-].[Na+].[Na+].[Na+]. The normalized spacial score (nSPS) is 13.8. The summed E-state index contributed by atoms with van der Waals surface area (Å²) in [6.07, 6.45) is 2.28. The summed E-state index contributed by atoms with van der Waals surface area (Å²) in [6.45, 7) is 1.39. The van der Waals surface area contributed by atoms with Gasteiger partial charge in [-0.1, -0.05) is 12.1 Å². The van der Waals surface area contributed by atoms with Crippen LogP contribution in [0, 0.1) is 5.41 Å². The second kappa shape index (κ2) is 13.5. The van der Waals surface area contributed by atoms with Gasteiger partial charge in [0.2, 0.25) is 0 Å². The van der Waals surface area contributed by atoms with Crippen LogP contribution in [0.25, 0.3) is 5.57 Å². The van der Waals surface area contributed by atoms with E-state index in [2.05, 4.69) is 0 Å². The van der Waals surface area contributed by atoms with Gasteiger partial charge in [0.1, 0.15) is 14.7 Å². The standard InChI is InChI=1S/C20H19N3O9S3.3Na.3H/c1-10-6-13(9-18(20(10)23)35(30,31)32)19(11-2-4-14(21)16(7-11)33(24,25)26)12-3-5-15(22)17(8-12)34(27,28)29;;;;;;/h2-9,23H,21-22H2,1H3,(H,24,25,26)(H,27,28,29)(H,30,31,32);;;;;;/q;3*+1;3*-1. The van der Waals surface area contributed by atoms with Crippen LogP contribution in [0.5, 0.6) is 0 Å². The predicted octanol–water partition coefficient (Wildman–Crippen LogP) is -6.75. The Bertz CT molecular complexity index is 1650. The molecule has 0 bridgehead atoms. The van der Waals surface area contributed by atoms with E-state index in [1.165, 1.54) is 25.1 Å². The maximum Gasteiger partial charge on any atom is 1.00 e. The number of nitrogens with two attached hydrogens (primary N) is 2. The molecule has 0 unspecified atom stereocenters. The number of anilines is 2. The van der Waals surface area contributed by atoms with Gasteiger partial charge in [-0.3, -0.25) is 19.1 Å². The van der Waals surface area contributed by atoms with Crippen LogP contribution in [0.4, 0.5) is 11.4 Å². The van der Waals surface area contributed by atoms with Gasteiger partial charge in [0.25, 0.3) is 30.4 Å². The third-order valence-electron chi connectivity index (χ3n) is 5.03. The molecule has 0 spiro atoms. The van der Waals surface area contributed by atoms with E-state index in [0.29, 0.717) is 0 Å². The zero-order chi connectivity index (χ0) is 26.5. The Balaban J connectivity index is -0.00000114. The van der Waals surface area contributed by atoms with E-state index >= 15 is 0 Å². The number of nitrogen functional groups attached to an aromatic ring is 2. The molecular formula is C20H22N3Na3O9S3. The average Bonchev–Trinajstić information content (AvgIpc) is 2.70. The van der Waals surface area contributed by atoms with E-state index in [-0.39, 0.29) is 132 Å². The molecule has 38 heavy (non-hydrogen) atoms. The molecule has 12 nitrogen and oxygen atoms in total. The maximum atomic E-state index is 11.9. The van der Waals surface area contributed by atoms with Gasteiger partial charge in [-0.25, -0.2) is 0 Å². The molecule has 0 radical (unpaired) electrons. The van der Waals surface area contributed by atoms with Crippen molar-refractivity contribution in [2.24, 2.45) is 0 Å². The van der Waals surface area contributed by atoms with Crippen LogP contribution in [-0.2, 0) is 30.4 Å². The van der Waals surface area contributed by atoms with Gasteiger partial charge in [-0.05, 0) is 71.2 Å². The first-order valence-electron chi connectivity index (χ1n) is 9.37. The van der Waals surface area contributed by atoms with E-state index < -0.39 is 50.8 Å². The number of nitrogens with one attached hydrogen (secondary N) is 1. The zero-order valence-electron chi connectivity index (χ0n) is 23.8. The smallest absolute Gasteiger partial charge is 1.00 e. The van der Waals surface area contributed by atoms with Crippen LogP contribution in [0.15, 0.2) is 74.4 Å². The minimum absolute atomic E-state index is 0. The number of rotatable bonds is 5. The quantitative estimate of drug-likeness (QED) is 0.105. The Labute approximate surface area is 290 Å². The molecule has 0 heterocycles. The molecule has 0 saturated heterocycles. The van der Waals surface area contributed by atoms with Crippen molar-refractivity contribution in [3.8, 4) is 0 Å². The van der Waals surface area contributed by atoms with Crippen molar-refractivity contribution in [1.29, 1.82) is 5.41 Å². The van der Waals surface area contributed by atoms with Crippen molar-refractivity contribution in [1.82, 2.24) is 0 Å². The molecule has 8 N–H and O–H groups in total. The van der Waals surface area contributed by atoms with E-state index in [1.807, 2.05) is 0 Å². The van der Waals surface area contributed by atoms with E-state index in [4.69, 9.17) is 16.9 Å². The third-order valence-corrected chi connectivity index (χ3v) is 7.72. The van der Waals surface area contributed by atoms with Gasteiger partial charge in [-0.15, -0.1) is 0 Å². The van der Waals surface area contributed by atoms with Gasteiger partial charge < -0.3 is 15.7 Å². The summed E-state index contributed by atoms with van der Waals surface area (Å²) >= 11 is 0. The molecule has 0 aromatic heterocycles. The molecule has 2 aromatic carbocycles. The molecule has 0 atom stereocenters.